The van der Waals surface area contributed by atoms with Crippen molar-refractivity contribution in [1.82, 2.24) is 5.32 Å². The third-order valence-electron chi connectivity index (χ3n) is 2.58. The minimum absolute atomic E-state index is 0.0611. The number of rotatable bonds is 3. The summed E-state index contributed by atoms with van der Waals surface area (Å²) < 4.78 is 25.7. The molecule has 0 atom stereocenters. The highest BCUT2D eigenvalue weighted by Gasteiger charge is 2.09. The summed E-state index contributed by atoms with van der Waals surface area (Å²) in [5.74, 6) is -2.52. The molecule has 0 radical (unpaired) electrons. The van der Waals surface area contributed by atoms with Gasteiger partial charge in [-0.05, 0) is 29.8 Å². The van der Waals surface area contributed by atoms with Crippen LogP contribution in [0.25, 0.3) is 0 Å². The van der Waals surface area contributed by atoms with Crippen LogP contribution in [-0.2, 0) is 6.54 Å². The minimum atomic E-state index is -1.05. The molecule has 1 N–H and O–H groups in total. The standard InChI is InChI=1S/C14H10ClF2NO/c15-11-4-2-1-3-10(11)8-18-14(19)9-5-6-12(16)13(17)7-9/h1-7H,8H2,(H,18,19). The van der Waals surface area contributed by atoms with Crippen LogP contribution in [0.4, 0.5) is 8.78 Å². The third kappa shape index (κ3) is 3.29. The van der Waals surface area contributed by atoms with Crippen LogP contribution in [0.2, 0.25) is 5.02 Å². The Morgan fingerprint density at radius 3 is 2.53 bits per heavy atom. The van der Waals surface area contributed by atoms with E-state index in [1.807, 2.05) is 0 Å². The molecule has 19 heavy (non-hydrogen) atoms. The first-order valence-electron chi connectivity index (χ1n) is 5.54. The Labute approximate surface area is 114 Å². The second-order valence-electron chi connectivity index (χ2n) is 3.90. The van der Waals surface area contributed by atoms with Gasteiger partial charge in [-0.1, -0.05) is 29.8 Å². The predicted molar refractivity (Wildman–Crippen MR) is 69.0 cm³/mol. The summed E-state index contributed by atoms with van der Waals surface area (Å²) in [7, 11) is 0. The van der Waals surface area contributed by atoms with Gasteiger partial charge in [-0.3, -0.25) is 4.79 Å². The lowest BCUT2D eigenvalue weighted by molar-refractivity contribution is 0.0950. The van der Waals surface area contributed by atoms with Gasteiger partial charge in [-0.2, -0.15) is 0 Å². The van der Waals surface area contributed by atoms with Crippen LogP contribution in [0.3, 0.4) is 0 Å². The van der Waals surface area contributed by atoms with Gasteiger partial charge in [-0.25, -0.2) is 8.78 Å². The molecule has 0 saturated carbocycles. The molecule has 2 aromatic carbocycles. The molecule has 98 valence electrons. The fourth-order valence-corrected chi connectivity index (χ4v) is 1.76. The van der Waals surface area contributed by atoms with Gasteiger partial charge in [0.25, 0.3) is 5.91 Å². The monoisotopic (exact) mass is 281 g/mol. The van der Waals surface area contributed by atoms with Crippen LogP contribution in [0.5, 0.6) is 0 Å². The Hall–Kier alpha value is -1.94. The van der Waals surface area contributed by atoms with Crippen molar-refractivity contribution in [3.8, 4) is 0 Å². The molecule has 0 aliphatic carbocycles. The van der Waals surface area contributed by atoms with Crippen LogP contribution < -0.4 is 5.32 Å². The number of benzene rings is 2. The van der Waals surface area contributed by atoms with E-state index < -0.39 is 17.5 Å². The zero-order valence-electron chi connectivity index (χ0n) is 9.79. The maximum absolute atomic E-state index is 13.0. The molecule has 0 fully saturated rings. The normalized spacial score (nSPS) is 10.3. The van der Waals surface area contributed by atoms with Crippen LogP contribution in [0.1, 0.15) is 15.9 Å². The lowest BCUT2D eigenvalue weighted by Gasteiger charge is -2.07. The SMILES string of the molecule is O=C(NCc1ccccc1Cl)c1ccc(F)c(F)c1. The number of amides is 1. The molecule has 0 spiro atoms. The topological polar surface area (TPSA) is 29.1 Å². The minimum Gasteiger partial charge on any atom is -0.348 e. The van der Waals surface area contributed by atoms with Crippen molar-refractivity contribution < 1.29 is 13.6 Å². The molecule has 2 rings (SSSR count). The van der Waals surface area contributed by atoms with Gasteiger partial charge in [0.05, 0.1) is 0 Å². The van der Waals surface area contributed by atoms with Crippen LogP contribution in [0.15, 0.2) is 42.5 Å². The van der Waals surface area contributed by atoms with E-state index in [-0.39, 0.29) is 12.1 Å². The Balaban J connectivity index is 2.05. The van der Waals surface area contributed by atoms with Crippen LogP contribution in [-0.4, -0.2) is 5.91 Å². The first kappa shape index (κ1) is 13.5. The molecule has 0 saturated heterocycles. The molecular formula is C14H10ClF2NO. The number of carbonyl (C=O) groups is 1. The second kappa shape index (κ2) is 5.80. The van der Waals surface area contributed by atoms with Gasteiger partial charge < -0.3 is 5.32 Å². The lowest BCUT2D eigenvalue weighted by atomic mass is 10.2. The summed E-state index contributed by atoms with van der Waals surface area (Å²) >= 11 is 5.94. The molecule has 0 unspecified atom stereocenters. The smallest absolute Gasteiger partial charge is 0.251 e. The van der Waals surface area contributed by atoms with E-state index in [2.05, 4.69) is 5.32 Å². The Bertz CT molecular complexity index is 616. The molecule has 0 aliphatic heterocycles. The molecular weight excluding hydrogens is 272 g/mol. The number of hydrogen-bond donors (Lipinski definition) is 1. The highest BCUT2D eigenvalue weighted by atomic mass is 35.5. The van der Waals surface area contributed by atoms with Gasteiger partial charge in [0, 0.05) is 17.1 Å². The van der Waals surface area contributed by atoms with E-state index in [9.17, 15) is 13.6 Å². The van der Waals surface area contributed by atoms with E-state index in [1.54, 1.807) is 24.3 Å². The lowest BCUT2D eigenvalue weighted by Crippen LogP contribution is -2.23. The molecule has 0 aromatic heterocycles. The van der Waals surface area contributed by atoms with Crippen LogP contribution in [0, 0.1) is 11.6 Å². The average molecular weight is 282 g/mol. The zero-order valence-corrected chi connectivity index (χ0v) is 10.5. The zero-order chi connectivity index (χ0) is 13.8. The summed E-state index contributed by atoms with van der Waals surface area (Å²) in [5.41, 5.74) is 0.811. The first-order chi connectivity index (χ1) is 9.08. The quantitative estimate of drug-likeness (QED) is 0.916. The van der Waals surface area contributed by atoms with Crippen molar-refractivity contribution in [3.63, 3.8) is 0 Å². The summed E-state index contributed by atoms with van der Waals surface area (Å²) in [4.78, 5) is 11.7. The molecule has 0 heterocycles. The summed E-state index contributed by atoms with van der Waals surface area (Å²) in [5, 5.41) is 3.13. The van der Waals surface area contributed by atoms with E-state index in [4.69, 9.17) is 11.6 Å². The molecule has 2 aromatic rings. The predicted octanol–water partition coefficient (Wildman–Crippen LogP) is 3.55. The van der Waals surface area contributed by atoms with E-state index in [0.717, 1.165) is 17.7 Å². The molecule has 0 aliphatic rings. The van der Waals surface area contributed by atoms with Crippen molar-refractivity contribution in [2.24, 2.45) is 0 Å². The van der Waals surface area contributed by atoms with Gasteiger partial charge in [0.15, 0.2) is 11.6 Å². The Kier molecular flexibility index (Phi) is 4.12. The summed E-state index contributed by atoms with van der Waals surface area (Å²) in [6.07, 6.45) is 0. The van der Waals surface area contributed by atoms with E-state index in [1.165, 1.54) is 6.07 Å². The number of nitrogens with one attached hydrogen (secondary N) is 1. The molecule has 1 amide bonds. The van der Waals surface area contributed by atoms with Crippen LogP contribution >= 0.6 is 11.6 Å². The number of halogens is 3. The van der Waals surface area contributed by atoms with Crippen molar-refractivity contribution in [2.75, 3.05) is 0 Å². The second-order valence-corrected chi connectivity index (χ2v) is 4.31. The molecule has 0 bridgehead atoms. The molecule has 5 heteroatoms. The number of hydrogen-bond acceptors (Lipinski definition) is 1. The highest BCUT2D eigenvalue weighted by molar-refractivity contribution is 6.31. The first-order valence-corrected chi connectivity index (χ1v) is 5.92. The van der Waals surface area contributed by atoms with Gasteiger partial charge >= 0.3 is 0 Å². The largest absolute Gasteiger partial charge is 0.348 e. The fourth-order valence-electron chi connectivity index (χ4n) is 1.56. The van der Waals surface area contributed by atoms with E-state index in [0.29, 0.717) is 5.02 Å². The maximum Gasteiger partial charge on any atom is 0.251 e. The average Bonchev–Trinajstić information content (AvgIpc) is 2.40. The third-order valence-corrected chi connectivity index (χ3v) is 2.95. The van der Waals surface area contributed by atoms with Gasteiger partial charge in [0.1, 0.15) is 0 Å². The summed E-state index contributed by atoms with van der Waals surface area (Å²) in [6, 6.07) is 10.1. The Morgan fingerprint density at radius 2 is 1.84 bits per heavy atom. The number of carbonyl (C=O) groups excluding carboxylic acids is 1. The van der Waals surface area contributed by atoms with E-state index >= 15 is 0 Å². The van der Waals surface area contributed by atoms with Gasteiger partial charge in [-0.15, -0.1) is 0 Å². The van der Waals surface area contributed by atoms with Crippen molar-refractivity contribution in [2.45, 2.75) is 6.54 Å². The molecule has 2 nitrogen and oxygen atoms in total. The van der Waals surface area contributed by atoms with Crippen molar-refractivity contribution in [1.29, 1.82) is 0 Å². The maximum atomic E-state index is 13.0. The highest BCUT2D eigenvalue weighted by Crippen LogP contribution is 2.15. The van der Waals surface area contributed by atoms with Crippen molar-refractivity contribution in [3.05, 3.63) is 70.2 Å². The fraction of sp³-hybridized carbons (Fsp3) is 0.0714. The Morgan fingerprint density at radius 1 is 1.11 bits per heavy atom. The van der Waals surface area contributed by atoms with Gasteiger partial charge in [0.2, 0.25) is 0 Å². The summed E-state index contributed by atoms with van der Waals surface area (Å²) in [6.45, 7) is 0.220. The van der Waals surface area contributed by atoms with Crippen molar-refractivity contribution >= 4 is 17.5 Å².